The summed E-state index contributed by atoms with van der Waals surface area (Å²) in [6.45, 7) is 6.68. The molecule has 1 N–H and O–H groups in total. The summed E-state index contributed by atoms with van der Waals surface area (Å²) in [6, 6.07) is -0.472. The molecule has 2 fully saturated rings. The summed E-state index contributed by atoms with van der Waals surface area (Å²) >= 11 is 0. The van der Waals surface area contributed by atoms with E-state index in [1.54, 1.807) is 20.8 Å². The van der Waals surface area contributed by atoms with Crippen LogP contribution in [-0.2, 0) is 28.4 Å². The molecule has 1 saturated heterocycles. The Bertz CT molecular complexity index is 544. The fourth-order valence-corrected chi connectivity index (χ4v) is 3.89. The number of carbonyl (C=O) groups is 2. The Labute approximate surface area is 179 Å². The van der Waals surface area contributed by atoms with Gasteiger partial charge in [-0.25, -0.2) is 9.59 Å². The van der Waals surface area contributed by atoms with Crippen LogP contribution in [0.4, 0.5) is 9.59 Å². The standard InChI is InChI=1S/C21H37NO8/c1-6-26-20(25-5)29-17(16-13-27-19(24)28-16)15(12-14-10-8-7-9-11-14)22-18(23)30-21(2,3)4/h14-17,20H,6-13H2,1-5H3,(H,22,23)/t15-,16?,17?,20?/m0/s1. The molecular weight excluding hydrogens is 394 g/mol. The van der Waals surface area contributed by atoms with E-state index in [1.165, 1.54) is 13.5 Å². The first-order valence-corrected chi connectivity index (χ1v) is 10.8. The zero-order valence-corrected chi connectivity index (χ0v) is 18.8. The summed E-state index contributed by atoms with van der Waals surface area (Å²) < 4.78 is 32.5. The third-order valence-corrected chi connectivity index (χ3v) is 5.15. The number of carbonyl (C=O) groups excluding carboxylic acids is 2. The molecule has 1 amide bonds. The Morgan fingerprint density at radius 3 is 2.47 bits per heavy atom. The molecule has 174 valence electrons. The second kappa shape index (κ2) is 11.7. The van der Waals surface area contributed by atoms with Crippen LogP contribution in [0.1, 0.15) is 66.2 Å². The first-order chi connectivity index (χ1) is 14.2. The molecule has 2 rings (SSSR count). The molecule has 1 aliphatic heterocycles. The van der Waals surface area contributed by atoms with Crippen molar-refractivity contribution in [3.8, 4) is 0 Å². The van der Waals surface area contributed by atoms with Crippen LogP contribution < -0.4 is 5.32 Å². The Morgan fingerprint density at radius 1 is 1.23 bits per heavy atom. The molecule has 2 aliphatic rings. The van der Waals surface area contributed by atoms with Crippen LogP contribution in [0.15, 0.2) is 0 Å². The van der Waals surface area contributed by atoms with Crippen molar-refractivity contribution in [2.24, 2.45) is 5.92 Å². The van der Waals surface area contributed by atoms with E-state index in [-0.39, 0.29) is 6.61 Å². The minimum atomic E-state index is -0.964. The monoisotopic (exact) mass is 431 g/mol. The van der Waals surface area contributed by atoms with Gasteiger partial charge in [0.2, 0.25) is 0 Å². The van der Waals surface area contributed by atoms with Crippen LogP contribution in [0, 0.1) is 5.92 Å². The molecule has 9 heteroatoms. The van der Waals surface area contributed by atoms with E-state index >= 15 is 0 Å². The summed E-state index contributed by atoms with van der Waals surface area (Å²) in [5.74, 6) is 0.427. The van der Waals surface area contributed by atoms with Gasteiger partial charge in [-0.2, -0.15) is 0 Å². The van der Waals surface area contributed by atoms with Crippen LogP contribution in [0.3, 0.4) is 0 Å². The Morgan fingerprint density at radius 2 is 1.93 bits per heavy atom. The van der Waals surface area contributed by atoms with E-state index in [4.69, 9.17) is 28.4 Å². The fraction of sp³-hybridized carbons (Fsp3) is 0.905. The number of amides is 1. The van der Waals surface area contributed by atoms with Crippen molar-refractivity contribution in [3.05, 3.63) is 0 Å². The minimum absolute atomic E-state index is 0.0310. The van der Waals surface area contributed by atoms with Crippen molar-refractivity contribution in [1.82, 2.24) is 5.32 Å². The van der Waals surface area contributed by atoms with Crippen LogP contribution >= 0.6 is 0 Å². The SMILES string of the molecule is CCOC(OC)OC(C1COC(=O)O1)[C@H](CC1CCCCC1)NC(=O)OC(C)(C)C. The Balaban J connectivity index is 2.21. The average Bonchev–Trinajstić information content (AvgIpc) is 3.10. The Kier molecular flexibility index (Phi) is 9.64. The number of ether oxygens (including phenoxy) is 6. The molecule has 3 unspecified atom stereocenters. The largest absolute Gasteiger partial charge is 0.508 e. The molecule has 1 saturated carbocycles. The van der Waals surface area contributed by atoms with E-state index < -0.39 is 42.6 Å². The Hall–Kier alpha value is -1.58. The first kappa shape index (κ1) is 24.7. The predicted molar refractivity (Wildman–Crippen MR) is 108 cm³/mol. The number of hydrogen-bond acceptors (Lipinski definition) is 8. The highest BCUT2D eigenvalue weighted by molar-refractivity contribution is 5.68. The van der Waals surface area contributed by atoms with Gasteiger partial charge in [0.15, 0.2) is 6.10 Å². The topological polar surface area (TPSA) is 102 Å². The van der Waals surface area contributed by atoms with Crippen LogP contribution in [0.25, 0.3) is 0 Å². The molecule has 0 spiro atoms. The molecule has 30 heavy (non-hydrogen) atoms. The van der Waals surface area contributed by atoms with Crippen molar-refractivity contribution in [1.29, 1.82) is 0 Å². The van der Waals surface area contributed by atoms with Crippen LogP contribution in [0.5, 0.6) is 0 Å². The summed E-state index contributed by atoms with van der Waals surface area (Å²) in [4.78, 5) is 24.2. The van der Waals surface area contributed by atoms with Crippen molar-refractivity contribution in [2.45, 2.75) is 96.5 Å². The number of cyclic esters (lactones) is 2. The van der Waals surface area contributed by atoms with Crippen molar-refractivity contribution >= 4 is 12.2 Å². The summed E-state index contributed by atoms with van der Waals surface area (Å²) in [5, 5.41) is 2.94. The molecule has 0 aromatic rings. The van der Waals surface area contributed by atoms with Crippen molar-refractivity contribution < 1.29 is 38.0 Å². The van der Waals surface area contributed by atoms with Crippen LogP contribution in [-0.4, -0.2) is 62.9 Å². The van der Waals surface area contributed by atoms with Gasteiger partial charge < -0.3 is 33.7 Å². The van der Waals surface area contributed by atoms with Gasteiger partial charge in [0.1, 0.15) is 18.3 Å². The predicted octanol–water partition coefficient (Wildman–Crippen LogP) is 3.74. The second-order valence-electron chi connectivity index (χ2n) is 8.79. The van der Waals surface area contributed by atoms with Crippen molar-refractivity contribution in [3.63, 3.8) is 0 Å². The maximum atomic E-state index is 12.6. The molecule has 4 atom stereocenters. The van der Waals surface area contributed by atoms with E-state index in [9.17, 15) is 9.59 Å². The lowest BCUT2D eigenvalue weighted by atomic mass is 9.83. The highest BCUT2D eigenvalue weighted by atomic mass is 16.8. The number of nitrogens with one attached hydrogen (secondary N) is 1. The van der Waals surface area contributed by atoms with Crippen molar-refractivity contribution in [2.75, 3.05) is 20.3 Å². The molecule has 0 aromatic carbocycles. The number of hydrogen-bond donors (Lipinski definition) is 1. The highest BCUT2D eigenvalue weighted by Crippen LogP contribution is 2.30. The van der Waals surface area contributed by atoms with E-state index in [1.807, 2.05) is 6.92 Å². The van der Waals surface area contributed by atoms with Gasteiger partial charge in [-0.3, -0.25) is 0 Å². The van der Waals surface area contributed by atoms with E-state index in [2.05, 4.69) is 5.32 Å². The summed E-state index contributed by atoms with van der Waals surface area (Å²) in [7, 11) is 1.46. The maximum Gasteiger partial charge on any atom is 0.508 e. The minimum Gasteiger partial charge on any atom is -0.444 e. The second-order valence-corrected chi connectivity index (χ2v) is 8.79. The molecule has 0 bridgehead atoms. The first-order valence-electron chi connectivity index (χ1n) is 10.8. The summed E-state index contributed by atoms with van der Waals surface area (Å²) in [6.07, 6.45) is 3.67. The third-order valence-electron chi connectivity index (χ3n) is 5.15. The normalized spacial score (nSPS) is 23.2. The number of methoxy groups -OCH3 is 1. The van der Waals surface area contributed by atoms with E-state index in [0.717, 1.165) is 25.7 Å². The smallest absolute Gasteiger partial charge is 0.444 e. The highest BCUT2D eigenvalue weighted by Gasteiger charge is 2.42. The molecule has 9 nitrogen and oxygen atoms in total. The maximum absolute atomic E-state index is 12.6. The van der Waals surface area contributed by atoms with Gasteiger partial charge in [-0.15, -0.1) is 0 Å². The van der Waals surface area contributed by atoms with Gasteiger partial charge in [0, 0.05) is 13.7 Å². The average molecular weight is 432 g/mol. The number of alkyl carbamates (subject to hydrolysis) is 1. The lowest BCUT2D eigenvalue weighted by molar-refractivity contribution is -0.304. The number of rotatable bonds is 10. The van der Waals surface area contributed by atoms with Crippen LogP contribution in [0.2, 0.25) is 0 Å². The van der Waals surface area contributed by atoms with Gasteiger partial charge in [-0.05, 0) is 40.0 Å². The molecule has 0 aromatic heterocycles. The van der Waals surface area contributed by atoms with Gasteiger partial charge in [0.25, 0.3) is 6.48 Å². The lowest BCUT2D eigenvalue weighted by Crippen LogP contribution is -2.54. The third kappa shape index (κ3) is 8.28. The van der Waals surface area contributed by atoms with Gasteiger partial charge in [0.05, 0.1) is 6.04 Å². The molecule has 0 radical (unpaired) electrons. The van der Waals surface area contributed by atoms with E-state index in [0.29, 0.717) is 18.9 Å². The molecule has 1 aliphatic carbocycles. The molecule has 1 heterocycles. The zero-order chi connectivity index (χ0) is 22.1. The molecular formula is C21H37NO8. The summed E-state index contributed by atoms with van der Waals surface area (Å²) in [5.41, 5.74) is -0.640. The quantitative estimate of drug-likeness (QED) is 0.412. The van der Waals surface area contributed by atoms with Gasteiger partial charge >= 0.3 is 12.2 Å². The fourth-order valence-electron chi connectivity index (χ4n) is 3.89. The zero-order valence-electron chi connectivity index (χ0n) is 18.8. The van der Waals surface area contributed by atoms with Gasteiger partial charge in [-0.1, -0.05) is 32.1 Å². The lowest BCUT2D eigenvalue weighted by Gasteiger charge is -2.35.